The van der Waals surface area contributed by atoms with Gasteiger partial charge in [-0.15, -0.1) is 10.2 Å². The largest absolute Gasteiger partial charge is 0.481 e. The highest BCUT2D eigenvalue weighted by atomic mass is 16.5. The van der Waals surface area contributed by atoms with Gasteiger partial charge >= 0.3 is 0 Å². The van der Waals surface area contributed by atoms with Gasteiger partial charge in [-0.1, -0.05) is 12.5 Å². The molecule has 0 radical (unpaired) electrons. The highest BCUT2D eigenvalue weighted by molar-refractivity contribution is 5.16. The molecule has 0 aliphatic carbocycles. The van der Waals surface area contributed by atoms with Crippen molar-refractivity contribution in [3.05, 3.63) is 35.5 Å². The van der Waals surface area contributed by atoms with Crippen molar-refractivity contribution in [2.24, 2.45) is 0 Å². The number of pyridine rings is 1. The molecule has 6 nitrogen and oxygen atoms in total. The molecule has 0 bridgehead atoms. The summed E-state index contributed by atoms with van der Waals surface area (Å²) in [5.41, 5.74) is 1.06. The molecule has 0 N–H and O–H groups in total. The summed E-state index contributed by atoms with van der Waals surface area (Å²) >= 11 is 0. The van der Waals surface area contributed by atoms with Gasteiger partial charge in [-0.3, -0.25) is 4.90 Å². The molecule has 2 aromatic rings. The van der Waals surface area contributed by atoms with Crippen LogP contribution in [0.4, 0.5) is 0 Å². The quantitative estimate of drug-likeness (QED) is 0.864. The number of hydrogen-bond acceptors (Lipinski definition) is 5. The van der Waals surface area contributed by atoms with Crippen molar-refractivity contribution in [3.63, 3.8) is 0 Å². The van der Waals surface area contributed by atoms with E-state index < -0.39 is 0 Å². The van der Waals surface area contributed by atoms with Crippen molar-refractivity contribution in [2.45, 2.75) is 57.7 Å². The fourth-order valence-corrected chi connectivity index (χ4v) is 3.92. The summed E-state index contributed by atoms with van der Waals surface area (Å²) in [6.07, 6.45) is 7.19. The molecule has 2 aliphatic heterocycles. The Kier molecular flexibility index (Phi) is 4.47. The first kappa shape index (κ1) is 15.6. The summed E-state index contributed by atoms with van der Waals surface area (Å²) in [6, 6.07) is 6.34. The minimum Gasteiger partial charge on any atom is -0.481 e. The normalized spacial score (nSPS) is 21.5. The molecule has 4 rings (SSSR count). The van der Waals surface area contributed by atoms with Crippen LogP contribution in [0.25, 0.3) is 0 Å². The Morgan fingerprint density at radius 3 is 2.96 bits per heavy atom. The lowest BCUT2D eigenvalue weighted by atomic mass is 10.0. The van der Waals surface area contributed by atoms with Gasteiger partial charge in [-0.05, 0) is 38.3 Å². The number of aryl methyl sites for hydroxylation is 1. The van der Waals surface area contributed by atoms with E-state index in [0.717, 1.165) is 44.0 Å². The Balaban J connectivity index is 1.58. The van der Waals surface area contributed by atoms with Crippen molar-refractivity contribution in [1.29, 1.82) is 0 Å². The lowest BCUT2D eigenvalue weighted by molar-refractivity contribution is 0.128. The van der Waals surface area contributed by atoms with Gasteiger partial charge in [0.15, 0.2) is 0 Å². The zero-order chi connectivity index (χ0) is 16.4. The Hall–Kier alpha value is -1.95. The number of fused-ring (bicyclic) bond motifs is 1. The third-order valence-corrected chi connectivity index (χ3v) is 5.16. The molecule has 0 aromatic carbocycles. The molecule has 1 atom stereocenters. The van der Waals surface area contributed by atoms with Gasteiger partial charge in [0.05, 0.1) is 18.8 Å². The Labute approximate surface area is 142 Å². The summed E-state index contributed by atoms with van der Waals surface area (Å²) in [6.45, 7) is 3.00. The highest BCUT2D eigenvalue weighted by Crippen LogP contribution is 2.32. The number of hydrogen-bond donors (Lipinski definition) is 0. The highest BCUT2D eigenvalue weighted by Gasteiger charge is 2.30. The van der Waals surface area contributed by atoms with E-state index in [1.165, 1.54) is 31.5 Å². The molecule has 1 saturated heterocycles. The SMILES string of the molecule is COc1cccc(CN2CCCC[C@H]2c2nnc3n2CCCC3)n1. The number of rotatable bonds is 4. The third-order valence-electron chi connectivity index (χ3n) is 5.16. The van der Waals surface area contributed by atoms with Crippen LogP contribution in [0.5, 0.6) is 5.88 Å². The van der Waals surface area contributed by atoms with Crippen LogP contribution >= 0.6 is 0 Å². The molecule has 0 saturated carbocycles. The topological polar surface area (TPSA) is 56.1 Å². The molecule has 1 fully saturated rings. The van der Waals surface area contributed by atoms with Crippen LogP contribution in [-0.2, 0) is 19.5 Å². The summed E-state index contributed by atoms with van der Waals surface area (Å²) < 4.78 is 7.63. The molecule has 0 spiro atoms. The van der Waals surface area contributed by atoms with Crippen LogP contribution in [0.1, 0.15) is 55.5 Å². The predicted molar refractivity (Wildman–Crippen MR) is 90.8 cm³/mol. The van der Waals surface area contributed by atoms with Crippen LogP contribution < -0.4 is 4.74 Å². The second kappa shape index (κ2) is 6.89. The van der Waals surface area contributed by atoms with Crippen LogP contribution in [-0.4, -0.2) is 38.3 Å². The first-order valence-electron chi connectivity index (χ1n) is 9.01. The number of nitrogens with zero attached hydrogens (tertiary/aromatic N) is 5. The summed E-state index contributed by atoms with van der Waals surface area (Å²) in [7, 11) is 1.66. The Morgan fingerprint density at radius 2 is 2.04 bits per heavy atom. The van der Waals surface area contributed by atoms with Gasteiger partial charge in [0, 0.05) is 25.6 Å². The maximum atomic E-state index is 5.26. The number of ether oxygens (including phenoxy) is 1. The van der Waals surface area contributed by atoms with Crippen LogP contribution in [0.2, 0.25) is 0 Å². The van der Waals surface area contributed by atoms with Crippen molar-refractivity contribution in [3.8, 4) is 5.88 Å². The fourth-order valence-electron chi connectivity index (χ4n) is 3.92. The number of piperidine rings is 1. The molecule has 128 valence electrons. The average molecular weight is 327 g/mol. The van der Waals surface area contributed by atoms with Gasteiger partial charge in [-0.2, -0.15) is 0 Å². The molecule has 6 heteroatoms. The van der Waals surface area contributed by atoms with Gasteiger partial charge in [0.1, 0.15) is 11.6 Å². The molecular weight excluding hydrogens is 302 g/mol. The monoisotopic (exact) mass is 327 g/mol. The summed E-state index contributed by atoms with van der Waals surface area (Å²) in [5, 5.41) is 9.02. The van der Waals surface area contributed by atoms with E-state index in [0.29, 0.717) is 11.9 Å². The minimum atomic E-state index is 0.353. The molecule has 4 heterocycles. The zero-order valence-corrected chi connectivity index (χ0v) is 14.3. The van der Waals surface area contributed by atoms with Gasteiger partial charge in [0.2, 0.25) is 5.88 Å². The standard InChI is InChI=1S/C18H25N5O/c1-24-17-10-6-7-14(19-17)13-22-11-4-2-8-15(22)18-21-20-16-9-3-5-12-23(16)18/h6-7,10,15H,2-5,8-9,11-13H2,1H3/t15-/m0/s1. The van der Waals surface area contributed by atoms with Crippen molar-refractivity contribution in [1.82, 2.24) is 24.6 Å². The fraction of sp³-hybridized carbons (Fsp3) is 0.611. The molecule has 0 amide bonds. The molecule has 24 heavy (non-hydrogen) atoms. The predicted octanol–water partition coefficient (Wildman–Crippen LogP) is 2.75. The number of aromatic nitrogens is 4. The van der Waals surface area contributed by atoms with E-state index in [-0.39, 0.29) is 0 Å². The Morgan fingerprint density at radius 1 is 1.12 bits per heavy atom. The number of likely N-dealkylation sites (tertiary alicyclic amines) is 1. The Bertz CT molecular complexity index is 698. The van der Waals surface area contributed by atoms with Crippen LogP contribution in [0, 0.1) is 0 Å². The zero-order valence-electron chi connectivity index (χ0n) is 14.3. The number of methoxy groups -OCH3 is 1. The lowest BCUT2D eigenvalue weighted by Crippen LogP contribution is -2.35. The molecule has 2 aromatic heterocycles. The summed E-state index contributed by atoms with van der Waals surface area (Å²) in [5.74, 6) is 3.01. The minimum absolute atomic E-state index is 0.353. The maximum Gasteiger partial charge on any atom is 0.213 e. The lowest BCUT2D eigenvalue weighted by Gasteiger charge is -2.35. The smallest absolute Gasteiger partial charge is 0.213 e. The van der Waals surface area contributed by atoms with E-state index in [1.54, 1.807) is 7.11 Å². The first-order chi connectivity index (χ1) is 11.8. The maximum absolute atomic E-state index is 5.26. The third kappa shape index (κ3) is 3.02. The van der Waals surface area contributed by atoms with Gasteiger partial charge < -0.3 is 9.30 Å². The van der Waals surface area contributed by atoms with E-state index in [2.05, 4.69) is 30.7 Å². The molecule has 2 aliphatic rings. The van der Waals surface area contributed by atoms with Gasteiger partial charge in [-0.25, -0.2) is 4.98 Å². The van der Waals surface area contributed by atoms with E-state index >= 15 is 0 Å². The molecule has 0 unspecified atom stereocenters. The second-order valence-corrected chi connectivity index (χ2v) is 6.74. The van der Waals surface area contributed by atoms with Gasteiger partial charge in [0.25, 0.3) is 0 Å². The van der Waals surface area contributed by atoms with E-state index in [9.17, 15) is 0 Å². The second-order valence-electron chi connectivity index (χ2n) is 6.74. The van der Waals surface area contributed by atoms with E-state index in [1.807, 2.05) is 12.1 Å². The van der Waals surface area contributed by atoms with Crippen molar-refractivity contribution < 1.29 is 4.74 Å². The average Bonchev–Trinajstić information content (AvgIpc) is 3.06. The molecular formula is C18H25N5O. The van der Waals surface area contributed by atoms with Crippen molar-refractivity contribution in [2.75, 3.05) is 13.7 Å². The van der Waals surface area contributed by atoms with Crippen LogP contribution in [0.15, 0.2) is 18.2 Å². The first-order valence-corrected chi connectivity index (χ1v) is 9.01. The van der Waals surface area contributed by atoms with Crippen molar-refractivity contribution >= 4 is 0 Å². The van der Waals surface area contributed by atoms with E-state index in [4.69, 9.17) is 4.74 Å². The van der Waals surface area contributed by atoms with Crippen LogP contribution in [0.3, 0.4) is 0 Å². The summed E-state index contributed by atoms with van der Waals surface area (Å²) in [4.78, 5) is 7.09.